The molecule has 0 radical (unpaired) electrons. The van der Waals surface area contributed by atoms with Crippen molar-refractivity contribution in [3.05, 3.63) is 150 Å². The summed E-state index contributed by atoms with van der Waals surface area (Å²) in [7, 11) is 0. The van der Waals surface area contributed by atoms with Gasteiger partial charge in [-0.3, -0.25) is 4.98 Å². The Morgan fingerprint density at radius 3 is 2.23 bits per heavy atom. The highest BCUT2D eigenvalue weighted by Crippen LogP contribution is 2.43. The first-order valence-corrected chi connectivity index (χ1v) is 14.0. The van der Waals surface area contributed by atoms with Gasteiger partial charge < -0.3 is 0 Å². The SMILES string of the molecule is C=C(c1ccc(-c2cccnc2)cc1)c1sc2c(-c3ccc(-c4cccc(C#N)c4)cc3)cccc2c1/C=C\C. The fourth-order valence-electron chi connectivity index (χ4n) is 5.06. The first-order chi connectivity index (χ1) is 19.7. The molecular formula is C37H26N2S. The second-order valence-electron chi connectivity index (χ2n) is 9.59. The Labute approximate surface area is 238 Å². The minimum atomic E-state index is 0.668. The molecule has 40 heavy (non-hydrogen) atoms. The summed E-state index contributed by atoms with van der Waals surface area (Å²) in [5.74, 6) is 0. The van der Waals surface area contributed by atoms with Crippen molar-refractivity contribution in [1.29, 1.82) is 5.26 Å². The van der Waals surface area contributed by atoms with Gasteiger partial charge in [0.15, 0.2) is 0 Å². The molecule has 190 valence electrons. The van der Waals surface area contributed by atoms with Gasteiger partial charge in [-0.25, -0.2) is 0 Å². The van der Waals surface area contributed by atoms with Crippen LogP contribution in [-0.4, -0.2) is 4.98 Å². The third-order valence-corrected chi connectivity index (χ3v) is 8.42. The summed E-state index contributed by atoms with van der Waals surface area (Å²) in [6.07, 6.45) is 7.97. The monoisotopic (exact) mass is 530 g/mol. The van der Waals surface area contributed by atoms with E-state index in [4.69, 9.17) is 0 Å². The molecule has 0 atom stereocenters. The van der Waals surface area contributed by atoms with E-state index in [1.165, 1.54) is 26.1 Å². The van der Waals surface area contributed by atoms with Gasteiger partial charge in [-0.15, -0.1) is 11.3 Å². The van der Waals surface area contributed by atoms with E-state index in [0.29, 0.717) is 5.56 Å². The molecule has 0 bridgehead atoms. The molecule has 0 aliphatic carbocycles. The van der Waals surface area contributed by atoms with Crippen LogP contribution in [0.5, 0.6) is 0 Å². The number of aromatic nitrogens is 1. The summed E-state index contributed by atoms with van der Waals surface area (Å²) >= 11 is 1.80. The number of nitrogens with zero attached hydrogens (tertiary/aromatic N) is 2. The number of hydrogen-bond acceptors (Lipinski definition) is 3. The van der Waals surface area contributed by atoms with Gasteiger partial charge in [0.1, 0.15) is 0 Å². The number of hydrogen-bond donors (Lipinski definition) is 0. The fraction of sp³-hybridized carbons (Fsp3) is 0.0270. The topological polar surface area (TPSA) is 36.7 Å². The van der Waals surface area contributed by atoms with E-state index in [-0.39, 0.29) is 0 Å². The van der Waals surface area contributed by atoms with Crippen LogP contribution in [-0.2, 0) is 0 Å². The first-order valence-electron chi connectivity index (χ1n) is 13.2. The van der Waals surface area contributed by atoms with Crippen LogP contribution in [0.15, 0.2) is 128 Å². The predicted octanol–water partition coefficient (Wildman–Crippen LogP) is 10.3. The Balaban J connectivity index is 1.38. The van der Waals surface area contributed by atoms with Crippen LogP contribution >= 0.6 is 11.3 Å². The maximum atomic E-state index is 9.27. The minimum Gasteiger partial charge on any atom is -0.264 e. The van der Waals surface area contributed by atoms with E-state index in [9.17, 15) is 5.26 Å². The highest BCUT2D eigenvalue weighted by molar-refractivity contribution is 7.21. The summed E-state index contributed by atoms with van der Waals surface area (Å²) in [5.41, 5.74) is 10.7. The molecule has 0 unspecified atom stereocenters. The fourth-order valence-corrected chi connectivity index (χ4v) is 6.38. The number of allylic oxidation sites excluding steroid dienone is 1. The number of fused-ring (bicyclic) bond motifs is 1. The number of thiophene rings is 1. The van der Waals surface area contributed by atoms with E-state index in [2.05, 4.69) is 110 Å². The van der Waals surface area contributed by atoms with Crippen molar-refractivity contribution in [2.75, 3.05) is 0 Å². The third-order valence-electron chi connectivity index (χ3n) is 7.11. The van der Waals surface area contributed by atoms with Gasteiger partial charge in [0, 0.05) is 32.9 Å². The molecule has 0 saturated heterocycles. The number of rotatable bonds is 6. The standard InChI is InChI=1S/C37H26N2S/c1-3-7-34-35-12-5-11-33(30-19-17-28(18-20-30)31-9-4-8-26(22-31)23-38)37(35)40-36(34)25(2)27-13-15-29(16-14-27)32-10-6-21-39-24-32/h3-22,24H,2H2,1H3/b7-3-. The van der Waals surface area contributed by atoms with Gasteiger partial charge in [0.2, 0.25) is 0 Å². The molecule has 6 rings (SSSR count). The highest BCUT2D eigenvalue weighted by atomic mass is 32.1. The van der Waals surface area contributed by atoms with E-state index in [1.54, 1.807) is 17.5 Å². The van der Waals surface area contributed by atoms with Gasteiger partial charge in [-0.1, -0.05) is 104 Å². The zero-order chi connectivity index (χ0) is 27.5. The zero-order valence-electron chi connectivity index (χ0n) is 22.1. The molecule has 2 aromatic heterocycles. The molecule has 0 amide bonds. The molecule has 0 N–H and O–H groups in total. The van der Waals surface area contributed by atoms with Crippen molar-refractivity contribution in [2.24, 2.45) is 0 Å². The molecule has 6 aromatic rings. The molecule has 0 saturated carbocycles. The van der Waals surface area contributed by atoms with Gasteiger partial charge >= 0.3 is 0 Å². The molecule has 0 aliphatic heterocycles. The largest absolute Gasteiger partial charge is 0.264 e. The quantitative estimate of drug-likeness (QED) is 0.215. The van der Waals surface area contributed by atoms with E-state index in [0.717, 1.165) is 39.0 Å². The van der Waals surface area contributed by atoms with Gasteiger partial charge in [-0.2, -0.15) is 5.26 Å². The molecule has 3 heteroatoms. The maximum Gasteiger partial charge on any atom is 0.0991 e. The Kier molecular flexibility index (Phi) is 6.93. The smallest absolute Gasteiger partial charge is 0.0991 e. The van der Waals surface area contributed by atoms with Gasteiger partial charge in [0.25, 0.3) is 0 Å². The lowest BCUT2D eigenvalue weighted by atomic mass is 9.96. The molecule has 2 nitrogen and oxygen atoms in total. The second kappa shape index (κ2) is 11.0. The molecule has 0 aliphatic rings. The maximum absolute atomic E-state index is 9.27. The normalized spacial score (nSPS) is 11.1. The molecule has 0 spiro atoms. The highest BCUT2D eigenvalue weighted by Gasteiger charge is 2.17. The summed E-state index contributed by atoms with van der Waals surface area (Å²) in [4.78, 5) is 5.43. The van der Waals surface area contributed by atoms with Gasteiger partial charge in [-0.05, 0) is 69.6 Å². The summed E-state index contributed by atoms with van der Waals surface area (Å²) in [5, 5.41) is 10.5. The third kappa shape index (κ3) is 4.78. The van der Waals surface area contributed by atoms with Crippen LogP contribution in [0.1, 0.15) is 28.5 Å². The predicted molar refractivity (Wildman–Crippen MR) is 170 cm³/mol. The van der Waals surface area contributed by atoms with Crippen LogP contribution in [0.4, 0.5) is 0 Å². The average molecular weight is 531 g/mol. The van der Waals surface area contributed by atoms with Crippen molar-refractivity contribution in [2.45, 2.75) is 6.92 Å². The van der Waals surface area contributed by atoms with E-state index >= 15 is 0 Å². The molecule has 2 heterocycles. The Morgan fingerprint density at radius 2 is 1.50 bits per heavy atom. The van der Waals surface area contributed by atoms with Crippen LogP contribution < -0.4 is 0 Å². The Hall–Kier alpha value is -5.04. The lowest BCUT2D eigenvalue weighted by Crippen LogP contribution is -1.87. The molecular weight excluding hydrogens is 504 g/mol. The zero-order valence-corrected chi connectivity index (χ0v) is 23.0. The number of benzene rings is 4. The van der Waals surface area contributed by atoms with Crippen molar-refractivity contribution in [3.8, 4) is 39.4 Å². The summed E-state index contributed by atoms with van der Waals surface area (Å²) in [6.45, 7) is 6.60. The van der Waals surface area contributed by atoms with E-state index in [1.807, 2.05) is 36.5 Å². The van der Waals surface area contributed by atoms with Crippen molar-refractivity contribution in [3.63, 3.8) is 0 Å². The average Bonchev–Trinajstić information content (AvgIpc) is 3.40. The number of pyridine rings is 1. The van der Waals surface area contributed by atoms with Gasteiger partial charge in [0.05, 0.1) is 11.6 Å². The number of nitriles is 1. The van der Waals surface area contributed by atoms with Crippen LogP contribution in [0.25, 0.3) is 55.1 Å². The first kappa shape index (κ1) is 25.2. The lowest BCUT2D eigenvalue weighted by Gasteiger charge is -2.08. The van der Waals surface area contributed by atoms with Crippen LogP contribution in [0.2, 0.25) is 0 Å². The minimum absolute atomic E-state index is 0.668. The van der Waals surface area contributed by atoms with Crippen LogP contribution in [0.3, 0.4) is 0 Å². The lowest BCUT2D eigenvalue weighted by molar-refractivity contribution is 1.33. The van der Waals surface area contributed by atoms with Crippen molar-refractivity contribution in [1.82, 2.24) is 4.98 Å². The summed E-state index contributed by atoms with van der Waals surface area (Å²) in [6, 6.07) is 37.7. The van der Waals surface area contributed by atoms with Crippen molar-refractivity contribution < 1.29 is 0 Å². The molecule has 0 fully saturated rings. The Morgan fingerprint density at radius 1 is 0.800 bits per heavy atom. The van der Waals surface area contributed by atoms with Crippen LogP contribution in [0, 0.1) is 11.3 Å². The van der Waals surface area contributed by atoms with E-state index < -0.39 is 0 Å². The summed E-state index contributed by atoms with van der Waals surface area (Å²) < 4.78 is 1.25. The second-order valence-corrected chi connectivity index (χ2v) is 10.6. The Bertz CT molecular complexity index is 1900. The molecule has 4 aromatic carbocycles. The van der Waals surface area contributed by atoms with Crippen molar-refractivity contribution >= 4 is 33.1 Å².